The maximum absolute atomic E-state index is 7.00. The molecule has 0 unspecified atom stereocenters. The third-order valence-corrected chi connectivity index (χ3v) is 0. The Bertz CT molecular complexity index is 3.61. The molecule has 28 valence electrons. The van der Waals surface area contributed by atoms with Crippen LogP contribution in [0.15, 0.2) is 0 Å². The molecular weight excluding hydrogens is 137 g/mol. The van der Waals surface area contributed by atoms with Crippen LogP contribution in [0.5, 0.6) is 0 Å². The Morgan fingerprint density at radius 3 is 0.600 bits per heavy atom. The van der Waals surface area contributed by atoms with E-state index in [4.69, 9.17) is 21.0 Å². The van der Waals surface area contributed by atoms with Gasteiger partial charge in [0.2, 0.25) is 0 Å². The van der Waals surface area contributed by atoms with E-state index in [2.05, 4.69) is 0 Å². The quantitative estimate of drug-likeness (QED) is 0.189. The van der Waals surface area contributed by atoms with Gasteiger partial charge in [-0.1, -0.05) is 0 Å². The zero-order valence-corrected chi connectivity index (χ0v) is 4.23. The standard InChI is InChI=1S/Ge.2O2/c;2*1-2/q+4;2*-2. The van der Waals surface area contributed by atoms with Crippen LogP contribution >= 0.6 is 0 Å². The van der Waals surface area contributed by atoms with Gasteiger partial charge in [-0.05, 0) is 0 Å². The molecule has 0 aliphatic heterocycles. The van der Waals surface area contributed by atoms with Crippen molar-refractivity contribution in [2.24, 2.45) is 0 Å². The summed E-state index contributed by atoms with van der Waals surface area (Å²) in [6.45, 7) is 0. The molecule has 0 saturated heterocycles. The summed E-state index contributed by atoms with van der Waals surface area (Å²) < 4.78 is 0. The molecule has 0 spiro atoms. The molecule has 0 aromatic carbocycles. The second-order valence-corrected chi connectivity index (χ2v) is 0. The van der Waals surface area contributed by atoms with Crippen LogP contribution in [0.1, 0.15) is 0 Å². The normalized spacial score (nSPS) is 2.40. The molecular formula is GeO4. The summed E-state index contributed by atoms with van der Waals surface area (Å²) in [4.78, 5) is 0. The Morgan fingerprint density at radius 2 is 0.600 bits per heavy atom. The number of hydrogen-bond donors (Lipinski definition) is 0. The molecule has 0 atom stereocenters. The minimum Gasteiger partial charge on any atom is -1.00 e. The molecule has 0 aromatic rings. The third-order valence-electron chi connectivity index (χ3n) is 0. The predicted octanol–water partition coefficient (Wildman–Crippen LogP) is -5.14. The Morgan fingerprint density at radius 1 is 0.600 bits per heavy atom. The van der Waals surface area contributed by atoms with Gasteiger partial charge in [-0.15, -0.1) is 0 Å². The van der Waals surface area contributed by atoms with Gasteiger partial charge in [0, 0.05) is 0 Å². The molecule has 0 N–H and O–H groups in total. The van der Waals surface area contributed by atoms with Crippen molar-refractivity contribution in [3.8, 4) is 0 Å². The first-order valence-corrected chi connectivity index (χ1v) is 0.333. The third kappa shape index (κ3) is 170. The SMILES string of the molecule is [Ge+4].[O-][O-].[O-][O-]. The summed E-state index contributed by atoms with van der Waals surface area (Å²) in [5.41, 5.74) is 0. The van der Waals surface area contributed by atoms with E-state index < -0.39 is 0 Å². The summed E-state index contributed by atoms with van der Waals surface area (Å²) in [6, 6.07) is 0. The molecule has 0 aromatic heterocycles. The van der Waals surface area contributed by atoms with Crippen molar-refractivity contribution in [1.29, 1.82) is 0 Å². The van der Waals surface area contributed by atoms with Crippen molar-refractivity contribution in [3.05, 3.63) is 0 Å². The smallest absolute Gasteiger partial charge is 1.00 e. The first-order valence-electron chi connectivity index (χ1n) is 0.333. The fraction of sp³-hybridized carbons (Fsp3) is 0. The van der Waals surface area contributed by atoms with Crippen LogP contribution < -0.4 is 21.0 Å². The Hall–Kier alpha value is 0.383. The van der Waals surface area contributed by atoms with E-state index in [9.17, 15) is 0 Å². The fourth-order valence-corrected chi connectivity index (χ4v) is 0. The van der Waals surface area contributed by atoms with E-state index in [1.54, 1.807) is 0 Å². The molecule has 0 heterocycles. The van der Waals surface area contributed by atoms with Gasteiger partial charge >= 0.3 is 17.6 Å². The molecule has 4 nitrogen and oxygen atoms in total. The van der Waals surface area contributed by atoms with E-state index in [1.165, 1.54) is 0 Å². The predicted molar refractivity (Wildman–Crippen MR) is 5.75 cm³/mol. The van der Waals surface area contributed by atoms with Crippen LogP contribution in [0.4, 0.5) is 0 Å². The Balaban J connectivity index is -0.0000000133. The van der Waals surface area contributed by atoms with Gasteiger partial charge in [0.05, 0.1) is 0 Å². The van der Waals surface area contributed by atoms with Crippen LogP contribution in [0.2, 0.25) is 0 Å². The summed E-state index contributed by atoms with van der Waals surface area (Å²) in [5.74, 6) is 0. The van der Waals surface area contributed by atoms with Crippen molar-refractivity contribution >= 4 is 17.6 Å². The molecule has 0 rings (SSSR count). The maximum atomic E-state index is 7.00. The molecule has 0 aliphatic carbocycles. The molecule has 0 fully saturated rings. The fourth-order valence-electron chi connectivity index (χ4n) is 0. The average molecular weight is 137 g/mol. The van der Waals surface area contributed by atoms with Crippen LogP contribution in [0.3, 0.4) is 0 Å². The molecule has 5 heavy (non-hydrogen) atoms. The molecule has 0 radical (unpaired) electrons. The van der Waals surface area contributed by atoms with Gasteiger partial charge in [0.15, 0.2) is 0 Å². The number of rotatable bonds is 0. The van der Waals surface area contributed by atoms with Crippen molar-refractivity contribution in [2.75, 3.05) is 0 Å². The zero-order chi connectivity index (χ0) is 4.00. The summed E-state index contributed by atoms with van der Waals surface area (Å²) in [5, 5.41) is 28.0. The van der Waals surface area contributed by atoms with Crippen LogP contribution in [0.25, 0.3) is 0 Å². The minimum absolute atomic E-state index is 0. The maximum Gasteiger partial charge on any atom is 4.00 e. The first kappa shape index (κ1) is 18.2. The van der Waals surface area contributed by atoms with Gasteiger partial charge in [-0.3, -0.25) is 0 Å². The molecule has 0 bridgehead atoms. The van der Waals surface area contributed by atoms with E-state index in [0.717, 1.165) is 0 Å². The van der Waals surface area contributed by atoms with E-state index >= 15 is 0 Å². The van der Waals surface area contributed by atoms with Crippen molar-refractivity contribution in [2.45, 2.75) is 0 Å². The van der Waals surface area contributed by atoms with Crippen LogP contribution in [-0.4, -0.2) is 17.6 Å². The topological polar surface area (TPSA) is 92.2 Å². The number of hydrogen-bond acceptors (Lipinski definition) is 4. The summed E-state index contributed by atoms with van der Waals surface area (Å²) >= 11 is 0. The average Bonchev–Trinajstić information content (AvgIpc) is 1.50. The second-order valence-electron chi connectivity index (χ2n) is 0. The van der Waals surface area contributed by atoms with Crippen molar-refractivity contribution in [1.82, 2.24) is 0 Å². The molecule has 5 heteroatoms. The largest absolute Gasteiger partial charge is 4.00 e. The van der Waals surface area contributed by atoms with Gasteiger partial charge in [-0.25, -0.2) is 0 Å². The second kappa shape index (κ2) is 342. The first-order chi connectivity index (χ1) is 2.00. The summed E-state index contributed by atoms with van der Waals surface area (Å²) in [7, 11) is 0. The van der Waals surface area contributed by atoms with Gasteiger partial charge in [0.1, 0.15) is 0 Å². The minimum atomic E-state index is 0. The van der Waals surface area contributed by atoms with E-state index in [0.29, 0.717) is 0 Å². The molecule has 0 aliphatic rings. The van der Waals surface area contributed by atoms with Crippen LogP contribution in [-0.2, 0) is 0 Å². The van der Waals surface area contributed by atoms with Crippen LogP contribution in [0, 0.1) is 0 Å². The Labute approximate surface area is 39.5 Å². The van der Waals surface area contributed by atoms with Crippen molar-refractivity contribution in [3.63, 3.8) is 0 Å². The molecule has 0 amide bonds. The van der Waals surface area contributed by atoms with Crippen molar-refractivity contribution < 1.29 is 21.0 Å². The molecule has 0 saturated carbocycles. The monoisotopic (exact) mass is 138 g/mol. The van der Waals surface area contributed by atoms with Gasteiger partial charge < -0.3 is 21.0 Å². The summed E-state index contributed by atoms with van der Waals surface area (Å²) in [6.07, 6.45) is 0. The van der Waals surface area contributed by atoms with Gasteiger partial charge in [0.25, 0.3) is 0 Å². The van der Waals surface area contributed by atoms with Gasteiger partial charge in [-0.2, -0.15) is 0 Å². The van der Waals surface area contributed by atoms with E-state index in [-0.39, 0.29) is 17.6 Å². The van der Waals surface area contributed by atoms with E-state index in [1.807, 2.05) is 0 Å². The zero-order valence-electron chi connectivity index (χ0n) is 2.13. The Kier molecular flexibility index (Phi) is 1250.